The van der Waals surface area contributed by atoms with Crippen molar-refractivity contribution in [1.29, 1.82) is 0 Å². The van der Waals surface area contributed by atoms with Crippen molar-refractivity contribution in [2.24, 2.45) is 0 Å². The molecule has 0 radical (unpaired) electrons. The normalized spacial score (nSPS) is 14.0. The fraction of sp³-hybridized carbons (Fsp3) is 0.368. The second-order valence-electron chi connectivity index (χ2n) is 6.10. The molecule has 0 bridgehead atoms. The van der Waals surface area contributed by atoms with Gasteiger partial charge < -0.3 is 19.9 Å². The number of hydrogen-bond acceptors (Lipinski definition) is 6. The smallest absolute Gasteiger partial charge is 0.409 e. The number of rotatable bonds is 5. The number of carbonyl (C=O) groups excluding carboxylic acids is 2. The molecule has 1 aromatic carbocycles. The molecule has 8 nitrogen and oxygen atoms in total. The first-order valence-corrected chi connectivity index (χ1v) is 8.98. The van der Waals surface area contributed by atoms with Crippen LogP contribution in [0, 0.1) is 0 Å². The number of anilines is 1. The van der Waals surface area contributed by atoms with Crippen LogP contribution in [-0.4, -0.2) is 64.6 Å². The maximum absolute atomic E-state index is 12.6. The molecule has 1 aromatic heterocycles. The third-order valence-electron chi connectivity index (χ3n) is 4.28. The molecule has 142 valence electrons. The van der Waals surface area contributed by atoms with Crippen molar-refractivity contribution in [3.8, 4) is 0 Å². The predicted molar refractivity (Wildman–Crippen MR) is 100 cm³/mol. The van der Waals surface area contributed by atoms with Gasteiger partial charge in [0.2, 0.25) is 0 Å². The zero-order valence-electron chi connectivity index (χ0n) is 15.3. The number of aromatic nitrogens is 2. The van der Waals surface area contributed by atoms with Crippen LogP contribution < -0.4 is 5.32 Å². The van der Waals surface area contributed by atoms with E-state index in [2.05, 4.69) is 15.3 Å². The molecule has 1 saturated heterocycles. The summed E-state index contributed by atoms with van der Waals surface area (Å²) in [4.78, 5) is 36.1. The maximum Gasteiger partial charge on any atom is 0.409 e. The Morgan fingerprint density at radius 2 is 1.74 bits per heavy atom. The van der Waals surface area contributed by atoms with Crippen LogP contribution >= 0.6 is 0 Å². The fourth-order valence-electron chi connectivity index (χ4n) is 2.79. The van der Waals surface area contributed by atoms with E-state index in [4.69, 9.17) is 4.74 Å². The van der Waals surface area contributed by atoms with Crippen LogP contribution in [0.5, 0.6) is 0 Å². The molecule has 1 aliphatic rings. The summed E-state index contributed by atoms with van der Waals surface area (Å²) in [5, 5.41) is 3.18. The predicted octanol–water partition coefficient (Wildman–Crippen LogP) is 2.00. The van der Waals surface area contributed by atoms with E-state index in [1.54, 1.807) is 22.9 Å². The summed E-state index contributed by atoms with van der Waals surface area (Å²) in [6, 6.07) is 9.97. The molecule has 0 unspecified atom stereocenters. The summed E-state index contributed by atoms with van der Waals surface area (Å²) in [6.45, 7) is 4.57. The Bertz CT molecular complexity index is 759. The van der Waals surface area contributed by atoms with Crippen molar-refractivity contribution in [2.45, 2.75) is 13.5 Å². The number of hydrogen-bond donors (Lipinski definition) is 1. The summed E-state index contributed by atoms with van der Waals surface area (Å²) in [6.07, 6.45) is 2.71. The highest BCUT2D eigenvalue weighted by Gasteiger charge is 2.26. The van der Waals surface area contributed by atoms with Gasteiger partial charge >= 0.3 is 6.09 Å². The molecule has 1 N–H and O–H groups in total. The zero-order valence-corrected chi connectivity index (χ0v) is 15.3. The first-order chi connectivity index (χ1) is 13.2. The summed E-state index contributed by atoms with van der Waals surface area (Å²) < 4.78 is 4.98. The Kier molecular flexibility index (Phi) is 6.19. The minimum Gasteiger partial charge on any atom is -0.450 e. The van der Waals surface area contributed by atoms with Crippen LogP contribution in [0.2, 0.25) is 0 Å². The molecule has 1 aliphatic heterocycles. The molecule has 2 amide bonds. The molecule has 1 fully saturated rings. The van der Waals surface area contributed by atoms with Gasteiger partial charge in [-0.15, -0.1) is 0 Å². The van der Waals surface area contributed by atoms with Gasteiger partial charge in [-0.05, 0) is 12.5 Å². The largest absolute Gasteiger partial charge is 0.450 e. The third-order valence-corrected chi connectivity index (χ3v) is 4.28. The standard InChI is InChI=1S/C19H23N5O3/c1-2-27-19(26)24-10-8-23(9-11-24)18(25)16-13-22-17(14-20-16)21-12-15-6-4-3-5-7-15/h3-7,13-14H,2,8-12H2,1H3,(H,21,22). The van der Waals surface area contributed by atoms with E-state index >= 15 is 0 Å². The lowest BCUT2D eigenvalue weighted by Crippen LogP contribution is -2.50. The number of nitrogens with zero attached hydrogens (tertiary/aromatic N) is 4. The average Bonchev–Trinajstić information content (AvgIpc) is 2.73. The summed E-state index contributed by atoms with van der Waals surface area (Å²) in [7, 11) is 0. The first kappa shape index (κ1) is 18.6. The molecule has 2 heterocycles. The number of piperazine rings is 1. The number of amides is 2. The van der Waals surface area contributed by atoms with Gasteiger partial charge in [0.25, 0.3) is 5.91 Å². The topological polar surface area (TPSA) is 87.7 Å². The number of ether oxygens (including phenoxy) is 1. The number of nitrogens with one attached hydrogen (secondary N) is 1. The molecule has 0 atom stereocenters. The van der Waals surface area contributed by atoms with E-state index in [0.717, 1.165) is 5.56 Å². The molecular weight excluding hydrogens is 346 g/mol. The maximum atomic E-state index is 12.6. The zero-order chi connectivity index (χ0) is 19.1. The first-order valence-electron chi connectivity index (χ1n) is 8.98. The summed E-state index contributed by atoms with van der Waals surface area (Å²) in [5.41, 5.74) is 1.43. The highest BCUT2D eigenvalue weighted by Crippen LogP contribution is 2.10. The molecule has 2 aromatic rings. The van der Waals surface area contributed by atoms with Gasteiger partial charge in [-0.1, -0.05) is 30.3 Å². The number of benzene rings is 1. The molecule has 0 saturated carbocycles. The second-order valence-corrected chi connectivity index (χ2v) is 6.10. The second kappa shape index (κ2) is 8.98. The molecule has 0 aliphatic carbocycles. The Morgan fingerprint density at radius 3 is 2.37 bits per heavy atom. The monoisotopic (exact) mass is 369 g/mol. The minimum absolute atomic E-state index is 0.180. The van der Waals surface area contributed by atoms with E-state index in [1.807, 2.05) is 30.3 Å². The SMILES string of the molecule is CCOC(=O)N1CCN(C(=O)c2cnc(NCc3ccccc3)cn2)CC1. The summed E-state index contributed by atoms with van der Waals surface area (Å²) in [5.74, 6) is 0.433. The van der Waals surface area contributed by atoms with Crippen molar-refractivity contribution in [1.82, 2.24) is 19.8 Å². The van der Waals surface area contributed by atoms with E-state index in [9.17, 15) is 9.59 Å². The quantitative estimate of drug-likeness (QED) is 0.867. The van der Waals surface area contributed by atoms with Crippen LogP contribution in [-0.2, 0) is 11.3 Å². The van der Waals surface area contributed by atoms with Crippen LogP contribution in [0.4, 0.5) is 10.6 Å². The van der Waals surface area contributed by atoms with Crippen molar-refractivity contribution < 1.29 is 14.3 Å². The van der Waals surface area contributed by atoms with Crippen LogP contribution in [0.1, 0.15) is 23.0 Å². The van der Waals surface area contributed by atoms with Gasteiger partial charge in [0, 0.05) is 32.7 Å². The molecule has 27 heavy (non-hydrogen) atoms. The minimum atomic E-state index is -0.335. The van der Waals surface area contributed by atoms with Crippen molar-refractivity contribution >= 4 is 17.8 Å². The Balaban J connectivity index is 1.51. The van der Waals surface area contributed by atoms with Gasteiger partial charge in [-0.3, -0.25) is 4.79 Å². The van der Waals surface area contributed by atoms with Crippen molar-refractivity contribution in [3.63, 3.8) is 0 Å². The van der Waals surface area contributed by atoms with Gasteiger partial charge in [-0.2, -0.15) is 0 Å². The van der Waals surface area contributed by atoms with Crippen molar-refractivity contribution in [3.05, 3.63) is 54.0 Å². The third kappa shape index (κ3) is 4.93. The lowest BCUT2D eigenvalue weighted by molar-refractivity contribution is 0.0565. The van der Waals surface area contributed by atoms with Crippen LogP contribution in [0.25, 0.3) is 0 Å². The van der Waals surface area contributed by atoms with Crippen molar-refractivity contribution in [2.75, 3.05) is 38.1 Å². The Morgan fingerprint density at radius 1 is 1.04 bits per heavy atom. The summed E-state index contributed by atoms with van der Waals surface area (Å²) >= 11 is 0. The highest BCUT2D eigenvalue weighted by molar-refractivity contribution is 5.92. The molecule has 8 heteroatoms. The lowest BCUT2D eigenvalue weighted by Gasteiger charge is -2.33. The van der Waals surface area contributed by atoms with Gasteiger partial charge in [-0.25, -0.2) is 14.8 Å². The lowest BCUT2D eigenvalue weighted by atomic mass is 10.2. The van der Waals surface area contributed by atoms with Gasteiger partial charge in [0.1, 0.15) is 11.5 Å². The van der Waals surface area contributed by atoms with E-state index in [-0.39, 0.29) is 12.0 Å². The Labute approximate surface area is 158 Å². The van der Waals surface area contributed by atoms with Crippen LogP contribution in [0.15, 0.2) is 42.7 Å². The fourth-order valence-corrected chi connectivity index (χ4v) is 2.79. The van der Waals surface area contributed by atoms with Crippen LogP contribution in [0.3, 0.4) is 0 Å². The Hall–Kier alpha value is -3.16. The molecule has 0 spiro atoms. The molecular formula is C19H23N5O3. The number of carbonyl (C=O) groups is 2. The molecule has 3 rings (SSSR count). The van der Waals surface area contributed by atoms with E-state index in [0.29, 0.717) is 50.8 Å². The van der Waals surface area contributed by atoms with Gasteiger partial charge in [0.15, 0.2) is 0 Å². The van der Waals surface area contributed by atoms with E-state index in [1.165, 1.54) is 6.20 Å². The van der Waals surface area contributed by atoms with Gasteiger partial charge in [0.05, 0.1) is 19.0 Å². The highest BCUT2D eigenvalue weighted by atomic mass is 16.6. The average molecular weight is 369 g/mol. The van der Waals surface area contributed by atoms with E-state index < -0.39 is 0 Å².